The van der Waals surface area contributed by atoms with Gasteiger partial charge in [-0.05, 0) is 17.9 Å². The first-order chi connectivity index (χ1) is 2.91. The van der Waals surface area contributed by atoms with Crippen molar-refractivity contribution in [2.75, 3.05) is 0 Å². The van der Waals surface area contributed by atoms with Crippen LogP contribution in [0.15, 0.2) is 12.7 Å². The van der Waals surface area contributed by atoms with Crippen LogP contribution in [-0.2, 0) is 0 Å². The Labute approximate surface area is 37.9 Å². The van der Waals surface area contributed by atoms with Gasteiger partial charge < -0.3 is 0 Å². The summed E-state index contributed by atoms with van der Waals surface area (Å²) >= 11 is 0. The van der Waals surface area contributed by atoms with E-state index in [1.165, 1.54) is 6.08 Å². The lowest BCUT2D eigenvalue weighted by Gasteiger charge is -1.48. The molecule has 0 aliphatic rings. The second-order valence-electron chi connectivity index (χ2n) is 0.618. The molecule has 0 unspecified atom stereocenters. The molecular formula is C6H4. The first-order valence-electron chi connectivity index (χ1n) is 1.49. The first-order valence-corrected chi connectivity index (χ1v) is 1.49. The Morgan fingerprint density at radius 2 is 2.33 bits per heavy atom. The number of hydrogen-bond acceptors (Lipinski definition) is 0. The van der Waals surface area contributed by atoms with Crippen LogP contribution in [0.3, 0.4) is 0 Å². The predicted octanol–water partition coefficient (Wildman–Crippen LogP) is 0.809. The van der Waals surface area contributed by atoms with Gasteiger partial charge in [-0.3, -0.25) is 0 Å². The van der Waals surface area contributed by atoms with E-state index in [9.17, 15) is 0 Å². The van der Waals surface area contributed by atoms with Crippen LogP contribution in [0.25, 0.3) is 0 Å². The largest absolute Gasteiger partial charge is 0.106 e. The molecule has 0 heteroatoms. The lowest BCUT2D eigenvalue weighted by atomic mass is 10.6. The molecule has 0 fully saturated rings. The molecule has 0 atom stereocenters. The summed E-state index contributed by atoms with van der Waals surface area (Å²) in [5.74, 6) is 6.97. The molecule has 0 amide bonds. The van der Waals surface area contributed by atoms with Crippen LogP contribution in [0.4, 0.5) is 0 Å². The van der Waals surface area contributed by atoms with E-state index >= 15 is 0 Å². The molecule has 0 saturated carbocycles. The summed E-state index contributed by atoms with van der Waals surface area (Å²) in [6.45, 7) is 3.33. The van der Waals surface area contributed by atoms with E-state index < -0.39 is 0 Å². The van der Waals surface area contributed by atoms with Gasteiger partial charge in [-0.15, -0.1) is 6.42 Å². The van der Waals surface area contributed by atoms with Gasteiger partial charge in [0, 0.05) is 0 Å². The van der Waals surface area contributed by atoms with Gasteiger partial charge in [0.25, 0.3) is 0 Å². The van der Waals surface area contributed by atoms with Crippen molar-refractivity contribution in [3.8, 4) is 24.2 Å². The Morgan fingerprint density at radius 1 is 1.67 bits per heavy atom. The number of hydrogen-bond donors (Lipinski definition) is 0. The summed E-state index contributed by atoms with van der Waals surface area (Å²) in [5, 5.41) is 0. The highest BCUT2D eigenvalue weighted by molar-refractivity contribution is 5.26. The minimum absolute atomic E-state index is 1.46. The minimum Gasteiger partial charge on any atom is -0.106 e. The van der Waals surface area contributed by atoms with Crippen molar-refractivity contribution in [1.82, 2.24) is 0 Å². The van der Waals surface area contributed by atoms with Crippen LogP contribution in [0, 0.1) is 24.2 Å². The summed E-state index contributed by atoms with van der Waals surface area (Å²) in [4.78, 5) is 0. The fourth-order valence-corrected chi connectivity index (χ4v) is 0.0927. The van der Waals surface area contributed by atoms with E-state index in [-0.39, 0.29) is 0 Å². The van der Waals surface area contributed by atoms with Crippen LogP contribution < -0.4 is 0 Å². The van der Waals surface area contributed by atoms with Crippen molar-refractivity contribution in [1.29, 1.82) is 0 Å². The molecule has 0 aromatic heterocycles. The van der Waals surface area contributed by atoms with E-state index in [0.717, 1.165) is 0 Å². The van der Waals surface area contributed by atoms with Crippen molar-refractivity contribution >= 4 is 0 Å². The fraction of sp³-hybridized carbons (Fsp3) is 0. The third-order valence-electron chi connectivity index (χ3n) is 0.246. The molecule has 0 aliphatic heterocycles. The lowest BCUT2D eigenvalue weighted by molar-refractivity contribution is 2.29. The molecular weight excluding hydrogens is 72.1 g/mol. The molecule has 0 radical (unpaired) electrons. The molecule has 0 aromatic rings. The topological polar surface area (TPSA) is 0 Å². The third kappa shape index (κ3) is 2.86. The average molecular weight is 76.1 g/mol. The zero-order valence-corrected chi connectivity index (χ0v) is 3.36. The van der Waals surface area contributed by atoms with Gasteiger partial charge in [0.2, 0.25) is 0 Å². The summed E-state index contributed by atoms with van der Waals surface area (Å²) in [6.07, 6.45) is 6.20. The maximum absolute atomic E-state index is 4.74. The normalized spacial score (nSPS) is 3.83. The minimum atomic E-state index is 1.46. The highest BCUT2D eigenvalue weighted by Gasteiger charge is 1.41. The van der Waals surface area contributed by atoms with E-state index in [4.69, 9.17) is 6.42 Å². The van der Waals surface area contributed by atoms with Crippen LogP contribution >= 0.6 is 0 Å². The average Bonchev–Trinajstić information content (AvgIpc) is 1.61. The Kier molecular flexibility index (Phi) is 3.13. The maximum Gasteiger partial charge on any atom is -0.0108 e. The zero-order chi connectivity index (χ0) is 4.83. The Morgan fingerprint density at radius 3 is 2.50 bits per heavy atom. The van der Waals surface area contributed by atoms with Crippen molar-refractivity contribution in [2.24, 2.45) is 0 Å². The van der Waals surface area contributed by atoms with E-state index in [2.05, 4.69) is 24.3 Å². The molecule has 0 rings (SSSR count). The lowest BCUT2D eigenvalue weighted by Crippen LogP contribution is -1.41. The van der Waals surface area contributed by atoms with Gasteiger partial charge in [-0.25, -0.2) is 0 Å². The van der Waals surface area contributed by atoms with Crippen LogP contribution in [0.2, 0.25) is 0 Å². The van der Waals surface area contributed by atoms with Crippen molar-refractivity contribution in [3.05, 3.63) is 12.7 Å². The Balaban J connectivity index is 3.50. The van der Waals surface area contributed by atoms with E-state index in [0.29, 0.717) is 0 Å². The summed E-state index contributed by atoms with van der Waals surface area (Å²) in [5.41, 5.74) is 0. The quantitative estimate of drug-likeness (QED) is 0.374. The van der Waals surface area contributed by atoms with Gasteiger partial charge in [0.1, 0.15) is 0 Å². The monoisotopic (exact) mass is 76.0 g/mol. The SMILES string of the molecule is C#CC#CC=C. The molecule has 0 N–H and O–H groups in total. The summed E-state index contributed by atoms with van der Waals surface area (Å²) < 4.78 is 0. The number of terminal acetylenes is 1. The molecule has 0 heterocycles. The summed E-state index contributed by atoms with van der Waals surface area (Å²) in [6, 6.07) is 0. The second kappa shape index (κ2) is 3.86. The second-order valence-corrected chi connectivity index (χ2v) is 0.618. The standard InChI is InChI=1S/C6H4/c1-3-5-6-4-2/h1,4H,2H2. The molecule has 0 bridgehead atoms. The first kappa shape index (κ1) is 4.86. The van der Waals surface area contributed by atoms with Crippen molar-refractivity contribution in [3.63, 3.8) is 0 Å². The van der Waals surface area contributed by atoms with Gasteiger partial charge in [-0.2, -0.15) is 0 Å². The van der Waals surface area contributed by atoms with Crippen LogP contribution in [0.5, 0.6) is 0 Å². The molecule has 0 saturated heterocycles. The summed E-state index contributed by atoms with van der Waals surface area (Å²) in [7, 11) is 0. The highest BCUT2D eigenvalue weighted by Crippen LogP contribution is 1.50. The predicted molar refractivity (Wildman–Crippen MR) is 26.8 cm³/mol. The third-order valence-corrected chi connectivity index (χ3v) is 0.246. The molecule has 0 aromatic carbocycles. The van der Waals surface area contributed by atoms with E-state index in [1.807, 2.05) is 0 Å². The number of allylic oxidation sites excluding steroid dienone is 1. The van der Waals surface area contributed by atoms with Crippen LogP contribution in [-0.4, -0.2) is 0 Å². The Bertz CT molecular complexity index is 124. The van der Waals surface area contributed by atoms with Crippen LogP contribution in [0.1, 0.15) is 0 Å². The maximum atomic E-state index is 4.74. The molecule has 0 nitrogen and oxygen atoms in total. The van der Waals surface area contributed by atoms with Gasteiger partial charge in [0.05, 0.1) is 0 Å². The molecule has 28 valence electrons. The van der Waals surface area contributed by atoms with Crippen molar-refractivity contribution < 1.29 is 0 Å². The molecule has 0 aliphatic carbocycles. The molecule has 0 spiro atoms. The Hall–Kier alpha value is -1.14. The fourth-order valence-electron chi connectivity index (χ4n) is 0.0927. The number of rotatable bonds is 0. The van der Waals surface area contributed by atoms with Gasteiger partial charge >= 0.3 is 0 Å². The smallest absolute Gasteiger partial charge is 0.0108 e. The van der Waals surface area contributed by atoms with Crippen molar-refractivity contribution in [2.45, 2.75) is 0 Å². The zero-order valence-electron chi connectivity index (χ0n) is 3.36. The van der Waals surface area contributed by atoms with Gasteiger partial charge in [-0.1, -0.05) is 12.5 Å². The van der Waals surface area contributed by atoms with Gasteiger partial charge in [0.15, 0.2) is 0 Å². The molecule has 6 heavy (non-hydrogen) atoms. The highest BCUT2D eigenvalue weighted by atomic mass is 13.5. The van der Waals surface area contributed by atoms with E-state index in [1.54, 1.807) is 0 Å².